The number of carboxylic acid groups (broad SMARTS) is 1. The lowest BCUT2D eigenvalue weighted by atomic mass is 10.3. The van der Waals surface area contributed by atoms with Gasteiger partial charge in [-0.2, -0.15) is 5.10 Å². The van der Waals surface area contributed by atoms with Gasteiger partial charge in [-0.25, -0.2) is 4.79 Å². The summed E-state index contributed by atoms with van der Waals surface area (Å²) in [6, 6.07) is 3.08. The fraction of sp³-hybridized carbons (Fsp3) is 0.250. The number of halogens is 1. The van der Waals surface area contributed by atoms with E-state index in [0.717, 1.165) is 4.47 Å². The number of carboxylic acids is 1. The van der Waals surface area contributed by atoms with E-state index in [0.29, 0.717) is 5.69 Å². The van der Waals surface area contributed by atoms with E-state index in [1.165, 1.54) is 6.07 Å². The Morgan fingerprint density at radius 3 is 2.70 bits per heavy atom. The SMILES string of the molecule is CC(C)n1cc(Br)cc1C(=O)Nc1cc(C(=O)O)[nH]n1. The van der Waals surface area contributed by atoms with Crippen LogP contribution in [0.25, 0.3) is 0 Å². The molecule has 0 spiro atoms. The fourth-order valence-electron chi connectivity index (χ4n) is 1.73. The minimum absolute atomic E-state index is 0.0827. The first kappa shape index (κ1) is 14.3. The minimum atomic E-state index is -1.13. The Bertz CT molecular complexity index is 659. The van der Waals surface area contributed by atoms with Crippen LogP contribution in [0.3, 0.4) is 0 Å². The third-order valence-electron chi connectivity index (χ3n) is 2.65. The molecule has 0 aliphatic heterocycles. The molecule has 2 heterocycles. The van der Waals surface area contributed by atoms with Gasteiger partial charge in [-0.1, -0.05) is 0 Å². The molecule has 0 saturated heterocycles. The fourth-order valence-corrected chi connectivity index (χ4v) is 2.17. The van der Waals surface area contributed by atoms with Gasteiger partial charge in [0.15, 0.2) is 5.82 Å². The van der Waals surface area contributed by atoms with Crippen LogP contribution in [-0.2, 0) is 0 Å². The topological polar surface area (TPSA) is 100 Å². The summed E-state index contributed by atoms with van der Waals surface area (Å²) in [4.78, 5) is 22.9. The number of carbonyl (C=O) groups excluding carboxylic acids is 1. The van der Waals surface area contributed by atoms with E-state index >= 15 is 0 Å². The number of H-pyrrole nitrogens is 1. The first-order valence-electron chi connectivity index (χ1n) is 5.86. The maximum absolute atomic E-state index is 12.2. The number of hydrogen-bond donors (Lipinski definition) is 3. The molecular formula is C12H13BrN4O3. The van der Waals surface area contributed by atoms with Crippen LogP contribution in [0.1, 0.15) is 40.9 Å². The molecule has 0 radical (unpaired) electrons. The monoisotopic (exact) mass is 340 g/mol. The molecule has 1 amide bonds. The van der Waals surface area contributed by atoms with Gasteiger partial charge in [0.25, 0.3) is 5.91 Å². The Morgan fingerprint density at radius 2 is 2.15 bits per heavy atom. The molecule has 0 aromatic carbocycles. The minimum Gasteiger partial charge on any atom is -0.477 e. The summed E-state index contributed by atoms with van der Waals surface area (Å²) in [6.07, 6.45) is 1.81. The molecule has 0 aliphatic rings. The Hall–Kier alpha value is -2.09. The first-order valence-corrected chi connectivity index (χ1v) is 6.65. The summed E-state index contributed by atoms with van der Waals surface area (Å²) in [5, 5.41) is 17.4. The van der Waals surface area contributed by atoms with Crippen molar-refractivity contribution < 1.29 is 14.7 Å². The molecule has 3 N–H and O–H groups in total. The predicted octanol–water partition coefficient (Wildman–Crippen LogP) is 2.51. The number of rotatable bonds is 4. The molecule has 2 aromatic heterocycles. The highest BCUT2D eigenvalue weighted by Crippen LogP contribution is 2.20. The standard InChI is InChI=1S/C12H13BrN4O3/c1-6(2)17-5-7(13)3-9(17)11(18)14-10-4-8(12(19)20)15-16-10/h3-6H,1-2H3,(H,19,20)(H2,14,15,16,18). The zero-order valence-corrected chi connectivity index (χ0v) is 12.4. The molecule has 0 unspecified atom stereocenters. The number of anilines is 1. The van der Waals surface area contributed by atoms with Crippen LogP contribution in [0.5, 0.6) is 0 Å². The number of aromatic nitrogens is 3. The van der Waals surface area contributed by atoms with Crippen molar-refractivity contribution in [2.45, 2.75) is 19.9 Å². The molecular weight excluding hydrogens is 328 g/mol. The van der Waals surface area contributed by atoms with E-state index in [9.17, 15) is 9.59 Å². The Labute approximate surface area is 123 Å². The van der Waals surface area contributed by atoms with E-state index in [-0.39, 0.29) is 23.5 Å². The Balaban J connectivity index is 2.21. The highest BCUT2D eigenvalue weighted by Gasteiger charge is 2.17. The van der Waals surface area contributed by atoms with Crippen molar-refractivity contribution in [2.75, 3.05) is 5.32 Å². The molecule has 0 bridgehead atoms. The van der Waals surface area contributed by atoms with E-state index < -0.39 is 5.97 Å². The highest BCUT2D eigenvalue weighted by molar-refractivity contribution is 9.10. The summed E-state index contributed by atoms with van der Waals surface area (Å²) >= 11 is 3.33. The molecule has 106 valence electrons. The molecule has 0 aliphatic carbocycles. The van der Waals surface area contributed by atoms with Crippen molar-refractivity contribution in [1.29, 1.82) is 0 Å². The van der Waals surface area contributed by atoms with Gasteiger partial charge in [-0.15, -0.1) is 0 Å². The van der Waals surface area contributed by atoms with Gasteiger partial charge in [-0.3, -0.25) is 9.89 Å². The van der Waals surface area contributed by atoms with Gasteiger partial charge in [-0.05, 0) is 35.8 Å². The molecule has 7 nitrogen and oxygen atoms in total. The van der Waals surface area contributed by atoms with Crippen LogP contribution in [0.4, 0.5) is 5.82 Å². The predicted molar refractivity (Wildman–Crippen MR) is 76.0 cm³/mol. The van der Waals surface area contributed by atoms with Gasteiger partial charge in [0.1, 0.15) is 11.4 Å². The van der Waals surface area contributed by atoms with Crippen LogP contribution in [-0.4, -0.2) is 31.7 Å². The third kappa shape index (κ3) is 2.90. The number of aromatic carboxylic acids is 1. The maximum Gasteiger partial charge on any atom is 0.353 e. The van der Waals surface area contributed by atoms with Crippen molar-refractivity contribution in [3.63, 3.8) is 0 Å². The van der Waals surface area contributed by atoms with Crippen molar-refractivity contribution in [3.05, 3.63) is 34.2 Å². The average Bonchev–Trinajstić information content (AvgIpc) is 2.95. The van der Waals surface area contributed by atoms with Gasteiger partial charge in [0, 0.05) is 22.8 Å². The second-order valence-corrected chi connectivity index (χ2v) is 5.39. The molecule has 20 heavy (non-hydrogen) atoms. The highest BCUT2D eigenvalue weighted by atomic mass is 79.9. The zero-order valence-electron chi connectivity index (χ0n) is 10.8. The summed E-state index contributed by atoms with van der Waals surface area (Å²) < 4.78 is 2.61. The van der Waals surface area contributed by atoms with Crippen LogP contribution >= 0.6 is 15.9 Å². The third-order valence-corrected chi connectivity index (χ3v) is 3.09. The van der Waals surface area contributed by atoms with Crippen LogP contribution in [0, 0.1) is 0 Å². The van der Waals surface area contributed by atoms with Gasteiger partial charge in [0.2, 0.25) is 0 Å². The number of nitrogens with one attached hydrogen (secondary N) is 2. The number of hydrogen-bond acceptors (Lipinski definition) is 3. The van der Waals surface area contributed by atoms with E-state index in [1.807, 2.05) is 24.6 Å². The van der Waals surface area contributed by atoms with Crippen LogP contribution in [0.2, 0.25) is 0 Å². The van der Waals surface area contributed by atoms with Gasteiger partial charge in [0.05, 0.1) is 0 Å². The largest absolute Gasteiger partial charge is 0.477 e. The lowest BCUT2D eigenvalue weighted by molar-refractivity contribution is 0.0690. The second-order valence-electron chi connectivity index (χ2n) is 4.47. The number of carbonyl (C=O) groups is 2. The van der Waals surface area contributed by atoms with Crippen LogP contribution < -0.4 is 5.32 Å². The number of aromatic amines is 1. The summed E-state index contributed by atoms with van der Waals surface area (Å²) in [6.45, 7) is 3.92. The molecule has 0 atom stereocenters. The molecule has 0 saturated carbocycles. The second kappa shape index (κ2) is 5.49. The average molecular weight is 341 g/mol. The quantitative estimate of drug-likeness (QED) is 0.795. The summed E-state index contributed by atoms with van der Waals surface area (Å²) in [7, 11) is 0. The smallest absolute Gasteiger partial charge is 0.353 e. The number of nitrogens with zero attached hydrogens (tertiary/aromatic N) is 2. The van der Waals surface area contributed by atoms with Gasteiger partial charge >= 0.3 is 5.97 Å². The van der Waals surface area contributed by atoms with Crippen molar-refractivity contribution in [1.82, 2.24) is 14.8 Å². The Morgan fingerprint density at radius 1 is 1.45 bits per heavy atom. The molecule has 0 fully saturated rings. The van der Waals surface area contributed by atoms with Crippen molar-refractivity contribution >= 4 is 33.6 Å². The number of amides is 1. The Kier molecular flexibility index (Phi) is 3.93. The molecule has 2 aromatic rings. The van der Waals surface area contributed by atoms with E-state index in [2.05, 4.69) is 31.4 Å². The van der Waals surface area contributed by atoms with Crippen LogP contribution in [0.15, 0.2) is 22.8 Å². The lowest BCUT2D eigenvalue weighted by Crippen LogP contribution is -2.17. The van der Waals surface area contributed by atoms with Gasteiger partial charge < -0.3 is 15.0 Å². The zero-order chi connectivity index (χ0) is 14.9. The summed E-state index contributed by atoms with van der Waals surface area (Å²) in [5.41, 5.74) is 0.382. The lowest BCUT2D eigenvalue weighted by Gasteiger charge is -2.11. The first-order chi connectivity index (χ1) is 9.38. The maximum atomic E-state index is 12.2. The molecule has 2 rings (SSSR count). The van der Waals surface area contributed by atoms with E-state index in [4.69, 9.17) is 5.11 Å². The van der Waals surface area contributed by atoms with Crippen molar-refractivity contribution in [3.8, 4) is 0 Å². The van der Waals surface area contributed by atoms with Crippen molar-refractivity contribution in [2.24, 2.45) is 0 Å². The molecule has 8 heteroatoms. The normalized spacial score (nSPS) is 10.8. The van der Waals surface area contributed by atoms with E-state index in [1.54, 1.807) is 6.07 Å². The summed E-state index contributed by atoms with van der Waals surface area (Å²) in [5.74, 6) is -1.32.